The molecule has 88 valence electrons. The van der Waals surface area contributed by atoms with Crippen molar-refractivity contribution in [2.75, 3.05) is 5.73 Å². The van der Waals surface area contributed by atoms with Crippen LogP contribution in [-0.4, -0.2) is 4.57 Å². The molecule has 0 aliphatic rings. The molecule has 0 aliphatic carbocycles. The van der Waals surface area contributed by atoms with Gasteiger partial charge in [0, 0.05) is 21.9 Å². The van der Waals surface area contributed by atoms with E-state index in [1.807, 2.05) is 31.2 Å². The van der Waals surface area contributed by atoms with Gasteiger partial charge in [0.05, 0.1) is 6.54 Å². The highest BCUT2D eigenvalue weighted by Gasteiger charge is 2.04. The minimum atomic E-state index is -0.00711. The summed E-state index contributed by atoms with van der Waals surface area (Å²) in [5.74, 6) is 0. The Hall–Kier alpha value is -1.55. The number of nitrogens with two attached hydrogens (primary N) is 1. The fourth-order valence-corrected chi connectivity index (χ4v) is 2.08. The van der Waals surface area contributed by atoms with Crippen molar-refractivity contribution in [3.8, 4) is 0 Å². The maximum absolute atomic E-state index is 11.7. The molecule has 0 amide bonds. The summed E-state index contributed by atoms with van der Waals surface area (Å²) in [5, 5.41) is 0. The first kappa shape index (κ1) is 11.9. The van der Waals surface area contributed by atoms with Gasteiger partial charge in [0.2, 0.25) is 0 Å². The van der Waals surface area contributed by atoms with Crippen LogP contribution in [0.4, 0.5) is 5.69 Å². The van der Waals surface area contributed by atoms with Gasteiger partial charge in [0.15, 0.2) is 0 Å². The number of pyridine rings is 1. The van der Waals surface area contributed by atoms with Crippen LogP contribution in [0, 0.1) is 6.92 Å². The molecule has 0 saturated carbocycles. The van der Waals surface area contributed by atoms with Gasteiger partial charge >= 0.3 is 0 Å². The van der Waals surface area contributed by atoms with Crippen LogP contribution in [0.2, 0.25) is 0 Å². The fraction of sp³-hybridized carbons (Fsp3) is 0.154. The molecule has 1 heterocycles. The molecule has 1 aromatic heterocycles. The van der Waals surface area contributed by atoms with Gasteiger partial charge < -0.3 is 10.3 Å². The van der Waals surface area contributed by atoms with Crippen molar-refractivity contribution < 1.29 is 0 Å². The molecule has 0 radical (unpaired) electrons. The van der Waals surface area contributed by atoms with E-state index in [0.29, 0.717) is 12.2 Å². The normalized spacial score (nSPS) is 10.5. The molecular weight excluding hydrogens is 280 g/mol. The highest BCUT2D eigenvalue weighted by atomic mass is 79.9. The number of aromatic nitrogens is 1. The lowest BCUT2D eigenvalue weighted by molar-refractivity contribution is 0.731. The Morgan fingerprint density at radius 3 is 2.71 bits per heavy atom. The van der Waals surface area contributed by atoms with Gasteiger partial charge in [0.1, 0.15) is 0 Å². The Morgan fingerprint density at radius 2 is 2.06 bits per heavy atom. The Labute approximate surface area is 108 Å². The summed E-state index contributed by atoms with van der Waals surface area (Å²) >= 11 is 3.36. The van der Waals surface area contributed by atoms with Crippen molar-refractivity contribution in [2.24, 2.45) is 0 Å². The zero-order valence-electron chi connectivity index (χ0n) is 9.48. The number of halogens is 1. The molecular formula is C13H13BrN2O. The minimum Gasteiger partial charge on any atom is -0.398 e. The van der Waals surface area contributed by atoms with Gasteiger partial charge in [0.25, 0.3) is 5.56 Å². The number of hydrogen-bond acceptors (Lipinski definition) is 2. The van der Waals surface area contributed by atoms with Crippen molar-refractivity contribution in [3.63, 3.8) is 0 Å². The third-order valence-electron chi connectivity index (χ3n) is 2.70. The monoisotopic (exact) mass is 292 g/mol. The molecule has 2 rings (SSSR count). The van der Waals surface area contributed by atoms with Crippen molar-refractivity contribution >= 4 is 21.6 Å². The maximum atomic E-state index is 11.7. The van der Waals surface area contributed by atoms with Crippen LogP contribution in [0.5, 0.6) is 0 Å². The molecule has 3 nitrogen and oxygen atoms in total. The van der Waals surface area contributed by atoms with Crippen molar-refractivity contribution in [2.45, 2.75) is 13.5 Å². The van der Waals surface area contributed by atoms with Gasteiger partial charge in [-0.05, 0) is 30.7 Å². The van der Waals surface area contributed by atoms with E-state index < -0.39 is 0 Å². The summed E-state index contributed by atoms with van der Waals surface area (Å²) in [6.07, 6.45) is 0. The molecule has 0 unspecified atom stereocenters. The summed E-state index contributed by atoms with van der Waals surface area (Å²) in [5.41, 5.74) is 8.49. The van der Waals surface area contributed by atoms with Crippen LogP contribution in [0.25, 0.3) is 0 Å². The molecule has 2 N–H and O–H groups in total. The summed E-state index contributed by atoms with van der Waals surface area (Å²) in [6.45, 7) is 2.42. The number of benzene rings is 1. The second-order valence-electron chi connectivity index (χ2n) is 3.93. The predicted octanol–water partition coefficient (Wildman–Crippen LogP) is 2.55. The van der Waals surface area contributed by atoms with Gasteiger partial charge in [-0.1, -0.05) is 28.1 Å². The smallest absolute Gasteiger partial charge is 0.251 e. The summed E-state index contributed by atoms with van der Waals surface area (Å²) in [6, 6.07) is 10.9. The maximum Gasteiger partial charge on any atom is 0.251 e. The number of nitrogens with zero attached hydrogens (tertiary/aromatic N) is 1. The zero-order valence-corrected chi connectivity index (χ0v) is 11.1. The standard InChI is InChI=1S/C13H13BrN2O/c1-9-3-2-4-13(17)16(9)8-10-5-6-11(14)7-12(10)15/h2-7H,8,15H2,1H3. The summed E-state index contributed by atoms with van der Waals surface area (Å²) in [7, 11) is 0. The van der Waals surface area contributed by atoms with Crippen LogP contribution < -0.4 is 11.3 Å². The van der Waals surface area contributed by atoms with E-state index in [-0.39, 0.29) is 5.56 Å². The minimum absolute atomic E-state index is 0.00711. The number of aryl methyl sites for hydroxylation is 1. The molecule has 1 aromatic carbocycles. The van der Waals surface area contributed by atoms with Crippen molar-refractivity contribution in [1.82, 2.24) is 4.57 Å². The van der Waals surface area contributed by atoms with Crippen LogP contribution in [0.3, 0.4) is 0 Å². The summed E-state index contributed by atoms with van der Waals surface area (Å²) < 4.78 is 2.65. The Balaban J connectivity index is 2.42. The third-order valence-corrected chi connectivity index (χ3v) is 3.20. The average molecular weight is 293 g/mol. The van der Waals surface area contributed by atoms with Crippen LogP contribution in [0.15, 0.2) is 45.7 Å². The van der Waals surface area contributed by atoms with Gasteiger partial charge in [-0.25, -0.2) is 0 Å². The first-order valence-corrected chi connectivity index (χ1v) is 6.07. The molecule has 0 bridgehead atoms. The van der Waals surface area contributed by atoms with Crippen LogP contribution in [-0.2, 0) is 6.54 Å². The second kappa shape index (κ2) is 4.75. The third kappa shape index (κ3) is 2.58. The molecule has 17 heavy (non-hydrogen) atoms. The SMILES string of the molecule is Cc1cccc(=O)n1Cc1ccc(Br)cc1N. The lowest BCUT2D eigenvalue weighted by atomic mass is 10.1. The van der Waals surface area contributed by atoms with Gasteiger partial charge in [-0.2, -0.15) is 0 Å². The Kier molecular flexibility index (Phi) is 3.33. The van der Waals surface area contributed by atoms with Crippen LogP contribution >= 0.6 is 15.9 Å². The van der Waals surface area contributed by atoms with Crippen molar-refractivity contribution in [1.29, 1.82) is 0 Å². The lowest BCUT2D eigenvalue weighted by Crippen LogP contribution is -2.21. The highest BCUT2D eigenvalue weighted by molar-refractivity contribution is 9.10. The molecule has 4 heteroatoms. The average Bonchev–Trinajstić information content (AvgIpc) is 2.26. The second-order valence-corrected chi connectivity index (χ2v) is 4.85. The van der Waals surface area contributed by atoms with E-state index in [1.54, 1.807) is 16.7 Å². The van der Waals surface area contributed by atoms with Crippen molar-refractivity contribution in [3.05, 3.63) is 62.5 Å². The van der Waals surface area contributed by atoms with E-state index in [2.05, 4.69) is 15.9 Å². The topological polar surface area (TPSA) is 48.0 Å². The van der Waals surface area contributed by atoms with E-state index in [0.717, 1.165) is 15.7 Å². The lowest BCUT2D eigenvalue weighted by Gasteiger charge is -2.11. The van der Waals surface area contributed by atoms with Gasteiger partial charge in [-0.15, -0.1) is 0 Å². The summed E-state index contributed by atoms with van der Waals surface area (Å²) in [4.78, 5) is 11.7. The fourth-order valence-electron chi connectivity index (χ4n) is 1.71. The number of hydrogen-bond donors (Lipinski definition) is 1. The van der Waals surface area contributed by atoms with E-state index in [1.165, 1.54) is 0 Å². The number of rotatable bonds is 2. The first-order chi connectivity index (χ1) is 8.08. The molecule has 0 spiro atoms. The Morgan fingerprint density at radius 1 is 1.29 bits per heavy atom. The molecule has 0 aliphatic heterocycles. The molecule has 0 saturated heterocycles. The molecule has 0 atom stereocenters. The largest absolute Gasteiger partial charge is 0.398 e. The molecule has 2 aromatic rings. The number of nitrogen functional groups attached to an aromatic ring is 1. The first-order valence-electron chi connectivity index (χ1n) is 5.28. The van der Waals surface area contributed by atoms with Gasteiger partial charge in [-0.3, -0.25) is 4.79 Å². The van der Waals surface area contributed by atoms with E-state index >= 15 is 0 Å². The predicted molar refractivity (Wildman–Crippen MR) is 73.1 cm³/mol. The van der Waals surface area contributed by atoms with E-state index in [4.69, 9.17) is 5.73 Å². The molecule has 0 fully saturated rings. The highest BCUT2D eigenvalue weighted by Crippen LogP contribution is 2.19. The van der Waals surface area contributed by atoms with Crippen LogP contribution in [0.1, 0.15) is 11.3 Å². The zero-order chi connectivity index (χ0) is 12.4. The number of anilines is 1. The van der Waals surface area contributed by atoms with E-state index in [9.17, 15) is 4.79 Å². The Bertz CT molecular complexity index is 605. The quantitative estimate of drug-likeness (QED) is 0.865.